The molecule has 0 saturated carbocycles. The molecule has 0 fully saturated rings. The van der Waals surface area contributed by atoms with Gasteiger partial charge in [-0.3, -0.25) is 4.68 Å². The average Bonchev–Trinajstić information content (AvgIpc) is 2.76. The minimum Gasteiger partial charge on any atom is -0.322 e. The molecule has 2 rings (SSSR count). The highest BCUT2D eigenvalue weighted by Gasteiger charge is 2.13. The lowest BCUT2D eigenvalue weighted by molar-refractivity contribution is 0.534. The normalized spacial score (nSPS) is 12.6. The third-order valence-corrected chi connectivity index (χ3v) is 2.94. The Morgan fingerprint density at radius 3 is 2.58 bits per heavy atom. The summed E-state index contributed by atoms with van der Waals surface area (Å²) in [4.78, 5) is 0. The zero-order valence-electron chi connectivity index (χ0n) is 10.8. The third kappa shape index (κ3) is 3.38. The van der Waals surface area contributed by atoms with E-state index in [2.05, 4.69) is 12.0 Å². The minimum absolute atomic E-state index is 0.324. The molecular weight excluding hydrogens is 248 g/mol. The first kappa shape index (κ1) is 13.7. The number of halogens is 2. The predicted molar refractivity (Wildman–Crippen MR) is 69.5 cm³/mol. The van der Waals surface area contributed by atoms with Gasteiger partial charge >= 0.3 is 0 Å². The van der Waals surface area contributed by atoms with Crippen LogP contribution in [0.1, 0.15) is 30.6 Å². The summed E-state index contributed by atoms with van der Waals surface area (Å²) in [6.45, 7) is 2.84. The molecule has 0 spiro atoms. The molecular formula is C14H17F2N3. The SMILES string of the molecule is CCCn1nccc1C(N)Cc1cc(F)cc(F)c1. The summed E-state index contributed by atoms with van der Waals surface area (Å²) in [5.74, 6) is -1.16. The van der Waals surface area contributed by atoms with Crippen molar-refractivity contribution in [3.8, 4) is 0 Å². The molecule has 3 nitrogen and oxygen atoms in total. The highest BCUT2D eigenvalue weighted by Crippen LogP contribution is 2.18. The topological polar surface area (TPSA) is 43.8 Å². The lowest BCUT2D eigenvalue weighted by atomic mass is 10.0. The maximum atomic E-state index is 13.1. The fraction of sp³-hybridized carbons (Fsp3) is 0.357. The second-order valence-corrected chi connectivity index (χ2v) is 4.57. The van der Waals surface area contributed by atoms with E-state index in [1.807, 2.05) is 10.7 Å². The summed E-state index contributed by atoms with van der Waals surface area (Å²) in [7, 11) is 0. The van der Waals surface area contributed by atoms with Gasteiger partial charge in [0, 0.05) is 18.8 Å². The van der Waals surface area contributed by atoms with Crippen molar-refractivity contribution >= 4 is 0 Å². The highest BCUT2D eigenvalue weighted by molar-refractivity contribution is 5.21. The van der Waals surface area contributed by atoms with Crippen molar-refractivity contribution < 1.29 is 8.78 Å². The average molecular weight is 265 g/mol. The first-order valence-corrected chi connectivity index (χ1v) is 6.32. The third-order valence-electron chi connectivity index (χ3n) is 2.94. The molecule has 1 heterocycles. The van der Waals surface area contributed by atoms with Crippen LogP contribution in [0, 0.1) is 11.6 Å². The van der Waals surface area contributed by atoms with Crippen molar-refractivity contribution in [3.05, 3.63) is 53.4 Å². The van der Waals surface area contributed by atoms with Crippen LogP contribution in [0.25, 0.3) is 0 Å². The zero-order chi connectivity index (χ0) is 13.8. The summed E-state index contributed by atoms with van der Waals surface area (Å²) in [5.41, 5.74) is 7.53. The van der Waals surface area contributed by atoms with Gasteiger partial charge in [-0.2, -0.15) is 5.10 Å². The number of aromatic nitrogens is 2. The number of hydrogen-bond acceptors (Lipinski definition) is 2. The van der Waals surface area contributed by atoms with E-state index < -0.39 is 11.6 Å². The second-order valence-electron chi connectivity index (χ2n) is 4.57. The quantitative estimate of drug-likeness (QED) is 0.903. The summed E-state index contributed by atoms with van der Waals surface area (Å²) in [5, 5.41) is 4.19. The predicted octanol–water partition coefficient (Wildman–Crippen LogP) is 2.81. The van der Waals surface area contributed by atoms with Crippen LogP contribution in [0.15, 0.2) is 30.5 Å². The molecule has 5 heteroatoms. The van der Waals surface area contributed by atoms with Gasteiger partial charge in [-0.15, -0.1) is 0 Å². The van der Waals surface area contributed by atoms with Crippen molar-refractivity contribution in [2.75, 3.05) is 0 Å². The summed E-state index contributed by atoms with van der Waals surface area (Å²) in [6, 6.07) is 4.99. The Bertz CT molecular complexity index is 531. The molecule has 0 saturated heterocycles. The fourth-order valence-corrected chi connectivity index (χ4v) is 2.14. The second kappa shape index (κ2) is 5.93. The Morgan fingerprint density at radius 1 is 1.26 bits per heavy atom. The lowest BCUT2D eigenvalue weighted by Gasteiger charge is -2.14. The van der Waals surface area contributed by atoms with E-state index in [9.17, 15) is 8.78 Å². The van der Waals surface area contributed by atoms with Crippen LogP contribution in [0.4, 0.5) is 8.78 Å². The van der Waals surface area contributed by atoms with Gasteiger partial charge in [-0.25, -0.2) is 8.78 Å². The molecule has 0 aliphatic carbocycles. The smallest absolute Gasteiger partial charge is 0.126 e. The van der Waals surface area contributed by atoms with E-state index in [0.29, 0.717) is 12.0 Å². The molecule has 0 amide bonds. The molecule has 0 aliphatic heterocycles. The Balaban J connectivity index is 2.15. The van der Waals surface area contributed by atoms with E-state index in [4.69, 9.17) is 5.73 Å². The summed E-state index contributed by atoms with van der Waals surface area (Å²) >= 11 is 0. The molecule has 1 unspecified atom stereocenters. The summed E-state index contributed by atoms with van der Waals surface area (Å²) < 4.78 is 28.1. The molecule has 1 aromatic heterocycles. The van der Waals surface area contributed by atoms with Gasteiger partial charge in [-0.1, -0.05) is 6.92 Å². The van der Waals surface area contributed by atoms with Crippen molar-refractivity contribution in [1.29, 1.82) is 0 Å². The molecule has 2 N–H and O–H groups in total. The Hall–Kier alpha value is -1.75. The van der Waals surface area contributed by atoms with E-state index >= 15 is 0 Å². The first-order valence-electron chi connectivity index (χ1n) is 6.32. The van der Waals surface area contributed by atoms with E-state index in [0.717, 1.165) is 24.7 Å². The highest BCUT2D eigenvalue weighted by atomic mass is 19.1. The number of nitrogens with zero attached hydrogens (tertiary/aromatic N) is 2. The lowest BCUT2D eigenvalue weighted by Crippen LogP contribution is -2.18. The largest absolute Gasteiger partial charge is 0.322 e. The minimum atomic E-state index is -0.579. The monoisotopic (exact) mass is 265 g/mol. The van der Waals surface area contributed by atoms with E-state index in [-0.39, 0.29) is 6.04 Å². The molecule has 0 radical (unpaired) electrons. The summed E-state index contributed by atoms with van der Waals surface area (Å²) in [6.07, 6.45) is 3.02. The van der Waals surface area contributed by atoms with Gasteiger partial charge in [0.2, 0.25) is 0 Å². The molecule has 2 aromatic rings. The molecule has 0 aliphatic rings. The van der Waals surface area contributed by atoms with Crippen LogP contribution in [-0.2, 0) is 13.0 Å². The van der Waals surface area contributed by atoms with Gasteiger partial charge in [0.1, 0.15) is 11.6 Å². The van der Waals surface area contributed by atoms with E-state index in [1.54, 1.807) is 6.20 Å². The Labute approximate surface area is 111 Å². The van der Waals surface area contributed by atoms with Gasteiger partial charge in [0.25, 0.3) is 0 Å². The van der Waals surface area contributed by atoms with E-state index in [1.165, 1.54) is 12.1 Å². The molecule has 102 valence electrons. The molecule has 1 aromatic carbocycles. The van der Waals surface area contributed by atoms with Gasteiger partial charge in [0.15, 0.2) is 0 Å². The number of hydrogen-bond donors (Lipinski definition) is 1. The van der Waals surface area contributed by atoms with Crippen LogP contribution in [0.2, 0.25) is 0 Å². The van der Waals surface area contributed by atoms with Crippen LogP contribution in [0.3, 0.4) is 0 Å². The van der Waals surface area contributed by atoms with Crippen molar-refractivity contribution in [2.24, 2.45) is 5.73 Å². The molecule has 1 atom stereocenters. The Morgan fingerprint density at radius 2 is 1.95 bits per heavy atom. The number of nitrogens with two attached hydrogens (primary N) is 1. The fourth-order valence-electron chi connectivity index (χ4n) is 2.14. The first-order chi connectivity index (χ1) is 9.10. The molecule has 19 heavy (non-hydrogen) atoms. The number of aryl methyl sites for hydroxylation is 1. The van der Waals surface area contributed by atoms with Gasteiger partial charge in [-0.05, 0) is 36.6 Å². The standard InChI is InChI=1S/C14H17F2N3/c1-2-5-19-14(3-4-18-19)13(17)8-10-6-11(15)9-12(16)7-10/h3-4,6-7,9,13H,2,5,8,17H2,1H3. The van der Waals surface area contributed by atoms with Crippen LogP contribution < -0.4 is 5.73 Å². The van der Waals surface area contributed by atoms with Crippen LogP contribution >= 0.6 is 0 Å². The maximum Gasteiger partial charge on any atom is 0.126 e. The molecule has 0 bridgehead atoms. The zero-order valence-corrected chi connectivity index (χ0v) is 10.8. The maximum absolute atomic E-state index is 13.1. The van der Waals surface area contributed by atoms with Crippen molar-refractivity contribution in [2.45, 2.75) is 32.4 Å². The number of benzene rings is 1. The van der Waals surface area contributed by atoms with Crippen LogP contribution in [-0.4, -0.2) is 9.78 Å². The van der Waals surface area contributed by atoms with Crippen molar-refractivity contribution in [3.63, 3.8) is 0 Å². The number of rotatable bonds is 5. The van der Waals surface area contributed by atoms with Crippen molar-refractivity contribution in [1.82, 2.24) is 9.78 Å². The van der Waals surface area contributed by atoms with Gasteiger partial charge < -0.3 is 5.73 Å². The van der Waals surface area contributed by atoms with Gasteiger partial charge in [0.05, 0.1) is 11.7 Å². The van der Waals surface area contributed by atoms with Crippen LogP contribution in [0.5, 0.6) is 0 Å². The Kier molecular flexibility index (Phi) is 4.27.